The average molecular weight is 285 g/mol. The van der Waals surface area contributed by atoms with Gasteiger partial charge in [-0.05, 0) is 22.9 Å². The molecule has 1 aromatic heterocycles. The second-order valence-electron chi connectivity index (χ2n) is 5.76. The Morgan fingerprint density at radius 3 is 2.55 bits per heavy atom. The van der Waals surface area contributed by atoms with E-state index in [1.165, 1.54) is 10.4 Å². The number of amides is 1. The van der Waals surface area contributed by atoms with Gasteiger partial charge in [0, 0.05) is 16.7 Å². The van der Waals surface area contributed by atoms with E-state index in [-0.39, 0.29) is 17.4 Å². The summed E-state index contributed by atoms with van der Waals surface area (Å²) in [5.41, 5.74) is 1.06. The minimum Gasteiger partial charge on any atom is -0.348 e. The molecule has 1 aromatic carbocycles. The monoisotopic (exact) mass is 285 g/mol. The van der Waals surface area contributed by atoms with Crippen molar-refractivity contribution in [2.75, 3.05) is 0 Å². The first-order valence-electron chi connectivity index (χ1n) is 7.03. The molecule has 2 heterocycles. The van der Waals surface area contributed by atoms with Crippen LogP contribution < -0.4 is 5.32 Å². The van der Waals surface area contributed by atoms with E-state index in [1.807, 2.05) is 18.2 Å². The minimum absolute atomic E-state index is 0.0647. The molecule has 3 rings (SSSR count). The van der Waals surface area contributed by atoms with Crippen molar-refractivity contribution in [1.82, 2.24) is 5.32 Å². The van der Waals surface area contributed by atoms with Crippen LogP contribution in [0.5, 0.6) is 0 Å². The smallest absolute Gasteiger partial charge is 0.221 e. The van der Waals surface area contributed by atoms with Crippen LogP contribution in [0.2, 0.25) is 0 Å². The van der Waals surface area contributed by atoms with Crippen molar-refractivity contribution in [3.8, 4) is 0 Å². The highest BCUT2D eigenvalue weighted by atomic mass is 32.1. The van der Waals surface area contributed by atoms with Gasteiger partial charge >= 0.3 is 0 Å². The maximum Gasteiger partial charge on any atom is 0.221 e. The van der Waals surface area contributed by atoms with Gasteiger partial charge in [-0.2, -0.15) is 0 Å². The molecule has 0 saturated carbocycles. The molecule has 1 aliphatic heterocycles. The van der Waals surface area contributed by atoms with Crippen molar-refractivity contribution in [1.29, 1.82) is 0 Å². The summed E-state index contributed by atoms with van der Waals surface area (Å²) in [6.07, 6.45) is 0.574. The van der Waals surface area contributed by atoms with E-state index < -0.39 is 0 Å². The molecule has 1 saturated heterocycles. The van der Waals surface area contributed by atoms with Gasteiger partial charge < -0.3 is 5.32 Å². The highest BCUT2D eigenvalue weighted by molar-refractivity contribution is 7.10. The number of carbonyl (C=O) groups excluding carboxylic acids is 1. The third kappa shape index (κ3) is 1.97. The van der Waals surface area contributed by atoms with E-state index in [9.17, 15) is 4.79 Å². The van der Waals surface area contributed by atoms with E-state index in [1.54, 1.807) is 11.3 Å². The van der Waals surface area contributed by atoms with Crippen LogP contribution in [-0.2, 0) is 10.2 Å². The Morgan fingerprint density at radius 2 is 1.95 bits per heavy atom. The Morgan fingerprint density at radius 1 is 1.20 bits per heavy atom. The van der Waals surface area contributed by atoms with Crippen molar-refractivity contribution < 1.29 is 4.79 Å². The fourth-order valence-corrected chi connectivity index (χ4v) is 4.44. The van der Waals surface area contributed by atoms with Crippen LogP contribution in [-0.4, -0.2) is 5.91 Å². The number of thiophene rings is 1. The average Bonchev–Trinajstić information content (AvgIpc) is 3.07. The first kappa shape index (κ1) is 13.4. The molecule has 20 heavy (non-hydrogen) atoms. The molecule has 1 N–H and O–H groups in total. The third-order valence-electron chi connectivity index (χ3n) is 4.42. The normalized spacial score (nSPS) is 25.9. The molecule has 0 spiro atoms. The highest BCUT2D eigenvalue weighted by Crippen LogP contribution is 2.50. The SMILES string of the molecule is CC(C)C1(c2cccs2)CC(=O)NC1c1ccccc1. The molecule has 3 heteroatoms. The van der Waals surface area contributed by atoms with Gasteiger partial charge in [0.2, 0.25) is 5.91 Å². The lowest BCUT2D eigenvalue weighted by atomic mass is 9.68. The molecule has 1 aliphatic rings. The molecule has 0 aliphatic carbocycles. The largest absolute Gasteiger partial charge is 0.348 e. The Balaban J connectivity index is 2.14. The fourth-order valence-electron chi connectivity index (χ4n) is 3.33. The predicted molar refractivity (Wildman–Crippen MR) is 82.8 cm³/mol. The number of rotatable bonds is 3. The molecular weight excluding hydrogens is 266 g/mol. The third-order valence-corrected chi connectivity index (χ3v) is 5.48. The second kappa shape index (κ2) is 5.06. The molecule has 2 atom stereocenters. The van der Waals surface area contributed by atoms with Gasteiger partial charge in [0.05, 0.1) is 6.04 Å². The number of nitrogens with one attached hydrogen (secondary N) is 1. The van der Waals surface area contributed by atoms with Gasteiger partial charge in [0.25, 0.3) is 0 Å². The van der Waals surface area contributed by atoms with Crippen molar-refractivity contribution in [3.63, 3.8) is 0 Å². The zero-order chi connectivity index (χ0) is 14.2. The molecule has 2 nitrogen and oxygen atoms in total. The van der Waals surface area contributed by atoms with Crippen LogP contribution in [0.4, 0.5) is 0 Å². The quantitative estimate of drug-likeness (QED) is 0.910. The molecule has 0 radical (unpaired) electrons. The van der Waals surface area contributed by atoms with Crippen molar-refractivity contribution >= 4 is 17.2 Å². The van der Waals surface area contributed by atoms with Gasteiger partial charge in [-0.15, -0.1) is 11.3 Å². The Labute approximate surface area is 123 Å². The maximum atomic E-state index is 12.1. The number of benzene rings is 1. The second-order valence-corrected chi connectivity index (χ2v) is 6.71. The van der Waals surface area contributed by atoms with E-state index in [2.05, 4.69) is 48.8 Å². The Kier molecular flexibility index (Phi) is 3.38. The van der Waals surface area contributed by atoms with E-state index >= 15 is 0 Å². The van der Waals surface area contributed by atoms with Gasteiger partial charge in [-0.1, -0.05) is 50.2 Å². The molecule has 1 fully saturated rings. The van der Waals surface area contributed by atoms with Gasteiger partial charge in [0.15, 0.2) is 0 Å². The summed E-state index contributed by atoms with van der Waals surface area (Å²) >= 11 is 1.76. The molecule has 2 unspecified atom stereocenters. The maximum absolute atomic E-state index is 12.1. The lowest BCUT2D eigenvalue weighted by Gasteiger charge is -2.37. The van der Waals surface area contributed by atoms with Crippen LogP contribution in [0.25, 0.3) is 0 Å². The summed E-state index contributed by atoms with van der Waals surface area (Å²) in [4.78, 5) is 13.4. The predicted octanol–water partition coefficient (Wildman–Crippen LogP) is 3.90. The first-order chi connectivity index (χ1) is 9.64. The minimum atomic E-state index is -0.132. The first-order valence-corrected chi connectivity index (χ1v) is 7.91. The zero-order valence-corrected chi connectivity index (χ0v) is 12.6. The molecule has 0 bridgehead atoms. The zero-order valence-electron chi connectivity index (χ0n) is 11.8. The van der Waals surface area contributed by atoms with Crippen LogP contribution in [0.3, 0.4) is 0 Å². The van der Waals surface area contributed by atoms with Crippen molar-refractivity contribution in [3.05, 3.63) is 58.3 Å². The topological polar surface area (TPSA) is 29.1 Å². The van der Waals surface area contributed by atoms with Crippen LogP contribution in [0, 0.1) is 5.92 Å². The summed E-state index contributed by atoms with van der Waals surface area (Å²) in [5, 5.41) is 5.30. The molecule has 104 valence electrons. The van der Waals surface area contributed by atoms with E-state index in [0.29, 0.717) is 12.3 Å². The summed E-state index contributed by atoms with van der Waals surface area (Å²) < 4.78 is 0. The molecule has 1 amide bonds. The van der Waals surface area contributed by atoms with Crippen LogP contribution in [0.15, 0.2) is 47.8 Å². The van der Waals surface area contributed by atoms with Crippen molar-refractivity contribution in [2.45, 2.75) is 31.7 Å². The number of hydrogen-bond acceptors (Lipinski definition) is 2. The van der Waals surface area contributed by atoms with Crippen LogP contribution >= 0.6 is 11.3 Å². The number of hydrogen-bond donors (Lipinski definition) is 1. The van der Waals surface area contributed by atoms with Gasteiger partial charge in [-0.3, -0.25) is 4.79 Å². The van der Waals surface area contributed by atoms with E-state index in [0.717, 1.165) is 0 Å². The highest BCUT2D eigenvalue weighted by Gasteiger charge is 2.51. The van der Waals surface area contributed by atoms with Gasteiger partial charge in [-0.25, -0.2) is 0 Å². The summed E-state index contributed by atoms with van der Waals surface area (Å²) in [5.74, 6) is 0.547. The lowest BCUT2D eigenvalue weighted by molar-refractivity contribution is -0.119. The molecule has 2 aromatic rings. The standard InChI is InChI=1S/C17H19NOS/c1-12(2)17(14-9-6-10-20-14)11-15(19)18-16(17)13-7-4-3-5-8-13/h3-10,12,16H,11H2,1-2H3,(H,18,19). The summed E-state index contributed by atoms with van der Waals surface area (Å²) in [6, 6.07) is 14.6. The van der Waals surface area contributed by atoms with Gasteiger partial charge in [0.1, 0.15) is 0 Å². The lowest BCUT2D eigenvalue weighted by Crippen LogP contribution is -2.37. The Bertz CT molecular complexity index is 591. The van der Waals surface area contributed by atoms with Crippen LogP contribution in [0.1, 0.15) is 36.8 Å². The summed E-state index contributed by atoms with van der Waals surface area (Å²) in [6.45, 7) is 4.44. The summed E-state index contributed by atoms with van der Waals surface area (Å²) in [7, 11) is 0. The fraction of sp³-hybridized carbons (Fsp3) is 0.353. The van der Waals surface area contributed by atoms with E-state index in [4.69, 9.17) is 0 Å². The van der Waals surface area contributed by atoms with Crippen molar-refractivity contribution in [2.24, 2.45) is 5.92 Å². The number of carbonyl (C=O) groups is 1. The molecular formula is C17H19NOS. The Hall–Kier alpha value is -1.61.